The van der Waals surface area contributed by atoms with Crippen molar-refractivity contribution in [3.05, 3.63) is 83.1 Å². The van der Waals surface area contributed by atoms with E-state index in [1.807, 2.05) is 47.4 Å². The van der Waals surface area contributed by atoms with E-state index in [0.29, 0.717) is 18.2 Å². The summed E-state index contributed by atoms with van der Waals surface area (Å²) in [7, 11) is -3.75. The zero-order valence-electron chi connectivity index (χ0n) is 18.8. The van der Waals surface area contributed by atoms with Gasteiger partial charge in [-0.25, -0.2) is 4.18 Å². The molecule has 9 heteroatoms. The second kappa shape index (κ2) is 12.1. The van der Waals surface area contributed by atoms with Crippen molar-refractivity contribution in [1.82, 2.24) is 9.80 Å². The van der Waals surface area contributed by atoms with Gasteiger partial charge >= 0.3 is 0 Å². The molecule has 1 aliphatic heterocycles. The Morgan fingerprint density at radius 1 is 1.06 bits per heavy atom. The number of benzene rings is 2. The maximum Gasteiger partial charge on any atom is 0.267 e. The molecular formula is C24H30Cl2N2O4S. The van der Waals surface area contributed by atoms with Gasteiger partial charge in [-0.2, -0.15) is 8.42 Å². The Morgan fingerprint density at radius 3 is 2.39 bits per heavy atom. The molecule has 3 atom stereocenters. The summed E-state index contributed by atoms with van der Waals surface area (Å²) < 4.78 is 35.8. The lowest BCUT2D eigenvalue weighted by atomic mass is 10.1. The highest BCUT2D eigenvalue weighted by atomic mass is 35.5. The molecule has 6 nitrogen and oxygen atoms in total. The lowest BCUT2D eigenvalue weighted by molar-refractivity contribution is -0.0627. The molecule has 0 radical (unpaired) electrons. The summed E-state index contributed by atoms with van der Waals surface area (Å²) in [6, 6.07) is 17.3. The first-order valence-corrected chi connectivity index (χ1v) is 13.6. The molecule has 3 rings (SSSR count). The zero-order valence-corrected chi connectivity index (χ0v) is 21.1. The molecule has 0 bridgehead atoms. The predicted octanol–water partition coefficient (Wildman–Crippen LogP) is 5.35. The van der Waals surface area contributed by atoms with Gasteiger partial charge in [0.2, 0.25) is 6.35 Å². The molecule has 33 heavy (non-hydrogen) atoms. The van der Waals surface area contributed by atoms with Gasteiger partial charge in [0.1, 0.15) is 11.6 Å². The number of unbranched alkanes of at least 4 members (excludes halogenated alkanes) is 1. The van der Waals surface area contributed by atoms with Crippen molar-refractivity contribution in [2.75, 3.05) is 19.4 Å². The minimum atomic E-state index is -3.75. The lowest BCUT2D eigenvalue weighted by Gasteiger charge is -2.37. The molecule has 3 unspecified atom stereocenters. The monoisotopic (exact) mass is 512 g/mol. The van der Waals surface area contributed by atoms with Crippen molar-refractivity contribution in [3.8, 4) is 0 Å². The van der Waals surface area contributed by atoms with Gasteiger partial charge < -0.3 is 14.5 Å². The van der Waals surface area contributed by atoms with Crippen molar-refractivity contribution >= 4 is 33.3 Å². The molecule has 2 aromatic rings. The number of hydrogen-bond acceptors (Lipinski definition) is 6. The summed E-state index contributed by atoms with van der Waals surface area (Å²) in [6.07, 6.45) is 5.77. The number of hydrogen-bond donors (Lipinski definition) is 0. The highest BCUT2D eigenvalue weighted by molar-refractivity contribution is 7.86. The molecule has 0 aliphatic carbocycles. The SMILES string of the molecule is CCCCOC(c1ccc(Cl)cc1)C(Cl)N1C=CN(CCc2ccccc2)C1OS(C)(=O)=O. The summed E-state index contributed by atoms with van der Waals surface area (Å²) in [5.41, 5.74) is 1.28. The second-order valence-electron chi connectivity index (χ2n) is 7.91. The second-order valence-corrected chi connectivity index (χ2v) is 10.4. The Bertz CT molecular complexity index is 1000. The average Bonchev–Trinajstić information content (AvgIpc) is 3.17. The molecule has 0 spiro atoms. The first-order valence-electron chi connectivity index (χ1n) is 10.9. The number of rotatable bonds is 12. The molecule has 0 amide bonds. The van der Waals surface area contributed by atoms with Crippen molar-refractivity contribution in [2.45, 2.75) is 44.1 Å². The molecule has 1 aliphatic rings. The van der Waals surface area contributed by atoms with Crippen LogP contribution >= 0.6 is 23.2 Å². The quantitative estimate of drug-likeness (QED) is 0.165. The highest BCUT2D eigenvalue weighted by Gasteiger charge is 2.38. The molecule has 0 aromatic heterocycles. The minimum absolute atomic E-state index is 0.514. The first-order chi connectivity index (χ1) is 15.8. The van der Waals surface area contributed by atoms with E-state index in [-0.39, 0.29) is 0 Å². The third-order valence-electron chi connectivity index (χ3n) is 5.26. The Balaban J connectivity index is 1.81. The van der Waals surface area contributed by atoms with E-state index in [1.54, 1.807) is 29.4 Å². The minimum Gasteiger partial charge on any atom is -0.370 e. The van der Waals surface area contributed by atoms with Crippen LogP contribution in [0.3, 0.4) is 0 Å². The largest absolute Gasteiger partial charge is 0.370 e. The third-order valence-corrected chi connectivity index (χ3v) is 6.49. The molecular weight excluding hydrogens is 483 g/mol. The van der Waals surface area contributed by atoms with Crippen molar-refractivity contribution in [1.29, 1.82) is 0 Å². The first kappa shape index (κ1) is 25.8. The van der Waals surface area contributed by atoms with Gasteiger partial charge in [-0.15, -0.1) is 0 Å². The Labute approximate surface area is 206 Å². The van der Waals surface area contributed by atoms with Crippen LogP contribution < -0.4 is 0 Å². The van der Waals surface area contributed by atoms with Crippen molar-refractivity contribution in [2.24, 2.45) is 0 Å². The molecule has 0 fully saturated rings. The molecule has 180 valence electrons. The maximum atomic E-state index is 12.1. The molecule has 1 heterocycles. The standard InChI is InChI=1S/C24H30Cl2N2O4S/c1-3-4-18-31-22(20-10-12-21(25)13-11-20)23(26)28-17-16-27(24(28)32-33(2,29)30)15-14-19-8-6-5-7-9-19/h5-13,16-17,22-24H,3-4,14-15,18H2,1-2H3. The van der Waals surface area contributed by atoms with Crippen LogP contribution in [-0.4, -0.2) is 49.5 Å². The fourth-order valence-corrected chi connectivity index (χ4v) is 4.56. The van der Waals surface area contributed by atoms with Crippen LogP contribution in [0, 0.1) is 0 Å². The van der Waals surface area contributed by atoms with Gasteiger partial charge in [0.05, 0.1) is 6.26 Å². The summed E-state index contributed by atoms with van der Waals surface area (Å²) in [5.74, 6) is 0. The lowest BCUT2D eigenvalue weighted by Crippen LogP contribution is -2.47. The van der Waals surface area contributed by atoms with E-state index in [9.17, 15) is 8.42 Å². The van der Waals surface area contributed by atoms with Gasteiger partial charge in [0.25, 0.3) is 10.1 Å². The fourth-order valence-electron chi connectivity index (χ4n) is 3.53. The van der Waals surface area contributed by atoms with E-state index in [1.165, 1.54) is 0 Å². The molecule has 2 aromatic carbocycles. The molecule has 0 N–H and O–H groups in total. The summed E-state index contributed by atoms with van der Waals surface area (Å²) in [4.78, 5) is 3.51. The van der Waals surface area contributed by atoms with Crippen LogP contribution in [0.4, 0.5) is 0 Å². The van der Waals surface area contributed by atoms with Crippen molar-refractivity contribution in [3.63, 3.8) is 0 Å². The smallest absolute Gasteiger partial charge is 0.267 e. The number of ether oxygens (including phenoxy) is 1. The summed E-state index contributed by atoms with van der Waals surface area (Å²) >= 11 is 13.0. The highest BCUT2D eigenvalue weighted by Crippen LogP contribution is 2.34. The van der Waals surface area contributed by atoms with Gasteiger partial charge in [0, 0.05) is 30.6 Å². The van der Waals surface area contributed by atoms with Gasteiger partial charge in [-0.05, 0) is 36.1 Å². The topological polar surface area (TPSA) is 59.1 Å². The van der Waals surface area contributed by atoms with E-state index in [0.717, 1.165) is 36.6 Å². The summed E-state index contributed by atoms with van der Waals surface area (Å²) in [6.45, 7) is 3.17. The van der Waals surface area contributed by atoms with E-state index in [2.05, 4.69) is 6.92 Å². The Morgan fingerprint density at radius 2 is 1.76 bits per heavy atom. The number of halogens is 2. The van der Waals surface area contributed by atoms with Gasteiger partial charge in [-0.1, -0.05) is 79.0 Å². The van der Waals surface area contributed by atoms with Crippen LogP contribution in [0.5, 0.6) is 0 Å². The van der Waals surface area contributed by atoms with Crippen LogP contribution in [-0.2, 0) is 25.5 Å². The fraction of sp³-hybridized carbons (Fsp3) is 0.417. The van der Waals surface area contributed by atoms with Crippen molar-refractivity contribution < 1.29 is 17.3 Å². The maximum absolute atomic E-state index is 12.1. The third kappa shape index (κ3) is 7.62. The molecule has 0 saturated carbocycles. The number of alkyl halides is 1. The molecule has 0 saturated heterocycles. The Kier molecular flexibility index (Phi) is 9.47. The zero-order chi connectivity index (χ0) is 23.8. The van der Waals surface area contributed by atoms with E-state index >= 15 is 0 Å². The summed E-state index contributed by atoms with van der Waals surface area (Å²) in [5, 5.41) is 0.614. The average molecular weight is 513 g/mol. The predicted molar refractivity (Wildman–Crippen MR) is 132 cm³/mol. The Hall–Kier alpha value is -1.77. The van der Waals surface area contributed by atoms with Crippen LogP contribution in [0.2, 0.25) is 5.02 Å². The van der Waals surface area contributed by atoms with E-state index < -0.39 is 28.1 Å². The van der Waals surface area contributed by atoms with E-state index in [4.69, 9.17) is 32.1 Å². The van der Waals surface area contributed by atoms with Crippen LogP contribution in [0.25, 0.3) is 0 Å². The number of nitrogens with zero attached hydrogens (tertiary/aromatic N) is 2. The normalized spacial score (nSPS) is 18.0. The van der Waals surface area contributed by atoms with Crippen LogP contribution in [0.15, 0.2) is 67.0 Å². The van der Waals surface area contributed by atoms with Crippen LogP contribution in [0.1, 0.15) is 37.0 Å². The van der Waals surface area contributed by atoms with Gasteiger partial charge in [-0.3, -0.25) is 0 Å². The van der Waals surface area contributed by atoms with Gasteiger partial charge in [0.15, 0.2) is 0 Å².